The number of anilines is 1. The second kappa shape index (κ2) is 7.90. The van der Waals surface area contributed by atoms with E-state index in [2.05, 4.69) is 10.3 Å². The summed E-state index contributed by atoms with van der Waals surface area (Å²) in [4.78, 5) is 4.04. The molecule has 2 aromatic rings. The van der Waals surface area contributed by atoms with Crippen molar-refractivity contribution in [1.29, 1.82) is 5.26 Å². The summed E-state index contributed by atoms with van der Waals surface area (Å²) in [5.74, 6) is 1.01. The zero-order chi connectivity index (χ0) is 15.9. The minimum absolute atomic E-state index is 0.0436. The van der Waals surface area contributed by atoms with Crippen molar-refractivity contribution in [3.8, 4) is 11.8 Å². The number of rotatable bonds is 7. The molecule has 22 heavy (non-hydrogen) atoms. The van der Waals surface area contributed by atoms with Crippen LogP contribution >= 0.6 is 23.2 Å². The van der Waals surface area contributed by atoms with Gasteiger partial charge in [-0.25, -0.2) is 0 Å². The number of nitrogens with one attached hydrogen (secondary N) is 1. The predicted molar refractivity (Wildman–Crippen MR) is 82.4 cm³/mol. The molecular weight excluding hydrogens is 329 g/mol. The summed E-state index contributed by atoms with van der Waals surface area (Å²) in [6.07, 6.45) is 0. The quantitative estimate of drug-likeness (QED) is 0.776. The summed E-state index contributed by atoms with van der Waals surface area (Å²) in [5.41, 5.74) is 0.164. The fraction of sp³-hybridized carbons (Fsp3) is 0.286. The monoisotopic (exact) mass is 341 g/mol. The maximum atomic E-state index is 9.03. The van der Waals surface area contributed by atoms with Crippen LogP contribution in [-0.4, -0.2) is 25.2 Å². The molecule has 0 bridgehead atoms. The third kappa shape index (κ3) is 4.28. The maximum absolute atomic E-state index is 9.03. The molecule has 0 radical (unpaired) electrons. The highest BCUT2D eigenvalue weighted by Gasteiger charge is 2.13. The van der Waals surface area contributed by atoms with E-state index < -0.39 is 0 Å². The van der Waals surface area contributed by atoms with Gasteiger partial charge in [0, 0.05) is 18.7 Å². The summed E-state index contributed by atoms with van der Waals surface area (Å²) in [6, 6.07) is 6.84. The first-order chi connectivity index (χ1) is 10.6. The summed E-state index contributed by atoms with van der Waals surface area (Å²) < 4.78 is 15.9. The molecule has 0 atom stereocenters. The van der Waals surface area contributed by atoms with Crippen LogP contribution < -0.4 is 10.1 Å². The van der Waals surface area contributed by atoms with Crippen LogP contribution in [0.4, 0.5) is 5.88 Å². The molecule has 0 amide bonds. The van der Waals surface area contributed by atoms with E-state index in [1.165, 1.54) is 0 Å². The van der Waals surface area contributed by atoms with Gasteiger partial charge >= 0.3 is 0 Å². The van der Waals surface area contributed by atoms with Crippen LogP contribution in [-0.2, 0) is 11.3 Å². The van der Waals surface area contributed by atoms with Crippen LogP contribution in [0.15, 0.2) is 22.6 Å². The number of benzene rings is 1. The van der Waals surface area contributed by atoms with E-state index in [1.807, 2.05) is 6.07 Å². The molecule has 1 aromatic carbocycles. The number of hydrogen-bond donors (Lipinski definition) is 1. The molecule has 0 aliphatic carbocycles. The Morgan fingerprint density at radius 3 is 2.91 bits per heavy atom. The molecule has 1 N–H and O–H groups in total. The highest BCUT2D eigenvalue weighted by Crippen LogP contribution is 2.28. The zero-order valence-corrected chi connectivity index (χ0v) is 13.2. The summed E-state index contributed by atoms with van der Waals surface area (Å²) >= 11 is 11.8. The van der Waals surface area contributed by atoms with Crippen LogP contribution in [0, 0.1) is 11.3 Å². The lowest BCUT2D eigenvalue weighted by molar-refractivity contribution is 0.210. The van der Waals surface area contributed by atoms with E-state index in [1.54, 1.807) is 25.3 Å². The third-order valence-corrected chi connectivity index (χ3v) is 3.14. The highest BCUT2D eigenvalue weighted by atomic mass is 35.5. The van der Waals surface area contributed by atoms with Gasteiger partial charge in [0.1, 0.15) is 11.8 Å². The summed E-state index contributed by atoms with van der Waals surface area (Å²) in [5, 5.41) is 12.9. The van der Waals surface area contributed by atoms with Gasteiger partial charge in [-0.3, -0.25) is 0 Å². The van der Waals surface area contributed by atoms with Crippen LogP contribution in [0.3, 0.4) is 0 Å². The fourth-order valence-electron chi connectivity index (χ4n) is 1.62. The Hall–Kier alpha value is -1.94. The van der Waals surface area contributed by atoms with Crippen LogP contribution in [0.25, 0.3) is 0 Å². The maximum Gasteiger partial charge on any atom is 0.236 e. The number of methoxy groups -OCH3 is 1. The molecule has 0 saturated heterocycles. The van der Waals surface area contributed by atoms with Crippen LogP contribution in [0.5, 0.6) is 5.75 Å². The molecule has 1 heterocycles. The first kappa shape index (κ1) is 16.4. The number of aromatic nitrogens is 1. The molecule has 1 aromatic heterocycles. The first-order valence-electron chi connectivity index (χ1n) is 6.34. The second-order valence-electron chi connectivity index (χ2n) is 4.18. The van der Waals surface area contributed by atoms with E-state index in [4.69, 9.17) is 42.4 Å². The number of ether oxygens (including phenoxy) is 2. The lowest BCUT2D eigenvalue weighted by atomic mass is 10.3. The van der Waals surface area contributed by atoms with Gasteiger partial charge in [0.15, 0.2) is 6.61 Å². The third-order valence-electron chi connectivity index (χ3n) is 2.61. The Kier molecular flexibility index (Phi) is 5.90. The number of hydrogen-bond acceptors (Lipinski definition) is 6. The normalized spacial score (nSPS) is 10.3. The van der Waals surface area contributed by atoms with Gasteiger partial charge in [0.2, 0.25) is 17.5 Å². The van der Waals surface area contributed by atoms with Crippen molar-refractivity contribution in [2.45, 2.75) is 6.61 Å². The average molecular weight is 342 g/mol. The Morgan fingerprint density at radius 2 is 2.23 bits per heavy atom. The van der Waals surface area contributed by atoms with E-state index in [9.17, 15) is 0 Å². The van der Waals surface area contributed by atoms with Crippen molar-refractivity contribution in [3.05, 3.63) is 39.8 Å². The minimum Gasteiger partial charge on any atom is -0.482 e. The lowest BCUT2D eigenvalue weighted by Gasteiger charge is -2.05. The van der Waals surface area contributed by atoms with E-state index in [-0.39, 0.29) is 18.2 Å². The van der Waals surface area contributed by atoms with Crippen LogP contribution in [0.1, 0.15) is 11.6 Å². The van der Waals surface area contributed by atoms with Gasteiger partial charge < -0.3 is 19.2 Å². The Morgan fingerprint density at radius 1 is 1.41 bits per heavy atom. The first-order valence-corrected chi connectivity index (χ1v) is 7.10. The van der Waals surface area contributed by atoms with E-state index >= 15 is 0 Å². The predicted octanol–water partition coefficient (Wildman–Crippen LogP) is 3.49. The van der Waals surface area contributed by atoms with Gasteiger partial charge in [0.25, 0.3) is 0 Å². The zero-order valence-electron chi connectivity index (χ0n) is 11.7. The molecule has 6 nitrogen and oxygen atoms in total. The Bertz CT molecular complexity index is 682. The van der Waals surface area contributed by atoms with E-state index in [0.29, 0.717) is 34.8 Å². The molecule has 0 saturated carbocycles. The van der Waals surface area contributed by atoms with Crippen molar-refractivity contribution < 1.29 is 13.9 Å². The van der Waals surface area contributed by atoms with Gasteiger partial charge in [-0.15, -0.1) is 0 Å². The second-order valence-corrected chi connectivity index (χ2v) is 5.02. The van der Waals surface area contributed by atoms with Gasteiger partial charge in [-0.05, 0) is 18.2 Å². The summed E-state index contributed by atoms with van der Waals surface area (Å²) in [7, 11) is 1.59. The largest absolute Gasteiger partial charge is 0.482 e. The van der Waals surface area contributed by atoms with E-state index in [0.717, 1.165) is 0 Å². The van der Waals surface area contributed by atoms with Gasteiger partial charge in [-0.2, -0.15) is 10.2 Å². The fourth-order valence-corrected chi connectivity index (χ4v) is 2.08. The molecule has 116 valence electrons. The molecule has 0 unspecified atom stereocenters. The molecule has 0 spiro atoms. The smallest absolute Gasteiger partial charge is 0.236 e. The Balaban J connectivity index is 2.02. The van der Waals surface area contributed by atoms with Crippen molar-refractivity contribution >= 4 is 29.1 Å². The van der Waals surface area contributed by atoms with Gasteiger partial charge in [-0.1, -0.05) is 23.2 Å². The Labute approximate surface area is 137 Å². The van der Waals surface area contributed by atoms with Crippen molar-refractivity contribution in [1.82, 2.24) is 4.98 Å². The van der Waals surface area contributed by atoms with Gasteiger partial charge in [0.05, 0.1) is 11.6 Å². The SMILES string of the molecule is COCCNc1oc(COc2ccc(Cl)cc2Cl)nc1C#N. The molecular formula is C14H13Cl2N3O3. The topological polar surface area (TPSA) is 80.3 Å². The number of nitriles is 1. The molecule has 2 rings (SSSR count). The number of nitrogens with zero attached hydrogens (tertiary/aromatic N) is 2. The lowest BCUT2D eigenvalue weighted by Crippen LogP contribution is -2.07. The molecule has 8 heteroatoms. The highest BCUT2D eigenvalue weighted by molar-refractivity contribution is 6.35. The van der Waals surface area contributed by atoms with Crippen molar-refractivity contribution in [3.63, 3.8) is 0 Å². The summed E-state index contributed by atoms with van der Waals surface area (Å²) in [6.45, 7) is 1.03. The molecule has 0 aliphatic heterocycles. The average Bonchev–Trinajstić information content (AvgIpc) is 2.89. The standard InChI is InChI=1S/C14H13Cl2N3O3/c1-20-5-4-18-14-11(7-17)19-13(22-14)8-21-12-3-2-9(15)6-10(12)16/h2-3,6,18H,4-5,8H2,1H3. The van der Waals surface area contributed by atoms with Crippen LogP contribution in [0.2, 0.25) is 10.0 Å². The number of oxazole rings is 1. The number of halogens is 2. The van der Waals surface area contributed by atoms with Crippen molar-refractivity contribution in [2.75, 3.05) is 25.6 Å². The van der Waals surface area contributed by atoms with Crippen molar-refractivity contribution in [2.24, 2.45) is 0 Å². The molecule has 0 fully saturated rings. The minimum atomic E-state index is 0.0436. The molecule has 0 aliphatic rings.